The number of sulfone groups is 1. The second-order valence-electron chi connectivity index (χ2n) is 7.65. The van der Waals surface area contributed by atoms with Crippen LogP contribution in [-0.4, -0.2) is 44.0 Å². The Kier molecular flexibility index (Phi) is 6.62. The van der Waals surface area contributed by atoms with E-state index >= 15 is 0 Å². The van der Waals surface area contributed by atoms with Crippen LogP contribution in [0.5, 0.6) is 0 Å². The average Bonchev–Trinajstić information content (AvgIpc) is 2.76. The van der Waals surface area contributed by atoms with Crippen LogP contribution in [0.25, 0.3) is 0 Å². The normalized spacial score (nSPS) is 21.0. The standard InChI is InChI=1S/C19H27FN2O4S/c1-12(2)17-8-5-13(3)9-10-22(17)19(24)18(23)21-16-11-14(27(4,25)26)6-7-15(16)20/h6-7,11-13,17H,5,8-10H2,1-4H3,(H,21,23). The molecule has 1 aromatic carbocycles. The summed E-state index contributed by atoms with van der Waals surface area (Å²) in [7, 11) is -3.56. The van der Waals surface area contributed by atoms with Crippen LogP contribution in [-0.2, 0) is 19.4 Å². The van der Waals surface area contributed by atoms with Crippen molar-refractivity contribution >= 4 is 27.3 Å². The van der Waals surface area contributed by atoms with Crippen molar-refractivity contribution in [3.05, 3.63) is 24.0 Å². The maximum Gasteiger partial charge on any atom is 0.313 e. The predicted octanol–water partition coefficient (Wildman–Crippen LogP) is 2.84. The van der Waals surface area contributed by atoms with Gasteiger partial charge in [-0.25, -0.2) is 12.8 Å². The highest BCUT2D eigenvalue weighted by Gasteiger charge is 2.33. The lowest BCUT2D eigenvalue weighted by atomic mass is 9.95. The molecular weight excluding hydrogens is 371 g/mol. The molecule has 1 aromatic rings. The third-order valence-electron chi connectivity index (χ3n) is 5.06. The van der Waals surface area contributed by atoms with Gasteiger partial charge in [-0.05, 0) is 49.3 Å². The van der Waals surface area contributed by atoms with Gasteiger partial charge >= 0.3 is 11.8 Å². The number of halogens is 1. The van der Waals surface area contributed by atoms with E-state index in [0.29, 0.717) is 12.5 Å². The highest BCUT2D eigenvalue weighted by molar-refractivity contribution is 7.90. The summed E-state index contributed by atoms with van der Waals surface area (Å²) in [5, 5.41) is 2.24. The van der Waals surface area contributed by atoms with Gasteiger partial charge < -0.3 is 10.2 Å². The number of carbonyl (C=O) groups is 2. The molecule has 0 saturated carbocycles. The van der Waals surface area contributed by atoms with E-state index in [1.54, 1.807) is 4.90 Å². The lowest BCUT2D eigenvalue weighted by Gasteiger charge is -2.32. The molecule has 0 aliphatic carbocycles. The van der Waals surface area contributed by atoms with Crippen molar-refractivity contribution in [3.63, 3.8) is 0 Å². The van der Waals surface area contributed by atoms with E-state index in [0.717, 1.165) is 43.7 Å². The zero-order chi connectivity index (χ0) is 20.4. The molecule has 150 valence electrons. The number of hydrogen-bond acceptors (Lipinski definition) is 4. The van der Waals surface area contributed by atoms with E-state index in [-0.39, 0.29) is 22.5 Å². The molecule has 2 unspecified atom stereocenters. The topological polar surface area (TPSA) is 83.6 Å². The van der Waals surface area contributed by atoms with Crippen molar-refractivity contribution in [2.75, 3.05) is 18.1 Å². The third-order valence-corrected chi connectivity index (χ3v) is 6.17. The summed E-state index contributed by atoms with van der Waals surface area (Å²) >= 11 is 0. The quantitative estimate of drug-likeness (QED) is 0.627. The monoisotopic (exact) mass is 398 g/mol. The van der Waals surface area contributed by atoms with E-state index in [4.69, 9.17) is 0 Å². The molecule has 0 spiro atoms. The Hall–Kier alpha value is -1.96. The van der Waals surface area contributed by atoms with Gasteiger partial charge in [0.1, 0.15) is 5.82 Å². The van der Waals surface area contributed by atoms with Gasteiger partial charge in [-0.3, -0.25) is 9.59 Å². The summed E-state index contributed by atoms with van der Waals surface area (Å²) in [6.07, 6.45) is 3.60. The number of likely N-dealkylation sites (tertiary alicyclic amines) is 1. The number of nitrogens with one attached hydrogen (secondary N) is 1. The fourth-order valence-electron chi connectivity index (χ4n) is 3.36. The first-order valence-corrected chi connectivity index (χ1v) is 11.0. The maximum absolute atomic E-state index is 14.0. The largest absolute Gasteiger partial charge is 0.331 e. The molecule has 2 atom stereocenters. The number of hydrogen-bond donors (Lipinski definition) is 1. The van der Waals surface area contributed by atoms with Crippen LogP contribution in [0.1, 0.15) is 40.0 Å². The highest BCUT2D eigenvalue weighted by atomic mass is 32.2. The van der Waals surface area contributed by atoms with Gasteiger partial charge in [0.2, 0.25) is 0 Å². The molecule has 2 amide bonds. The van der Waals surface area contributed by atoms with Gasteiger partial charge in [-0.1, -0.05) is 20.8 Å². The second-order valence-corrected chi connectivity index (χ2v) is 9.66. The van der Waals surface area contributed by atoms with E-state index in [1.807, 2.05) is 13.8 Å². The molecule has 1 N–H and O–H groups in total. The first kappa shape index (κ1) is 21.3. The molecule has 27 heavy (non-hydrogen) atoms. The minimum absolute atomic E-state index is 0.0552. The zero-order valence-corrected chi connectivity index (χ0v) is 17.0. The van der Waals surface area contributed by atoms with Gasteiger partial charge in [0.25, 0.3) is 0 Å². The lowest BCUT2D eigenvalue weighted by molar-refractivity contribution is -0.145. The minimum Gasteiger partial charge on any atom is -0.331 e. The third kappa shape index (κ3) is 5.28. The molecule has 1 saturated heterocycles. The number of amides is 2. The minimum atomic E-state index is -3.56. The molecule has 0 radical (unpaired) electrons. The molecule has 0 bridgehead atoms. The zero-order valence-electron chi connectivity index (χ0n) is 16.2. The molecule has 1 fully saturated rings. The molecule has 8 heteroatoms. The fourth-order valence-corrected chi connectivity index (χ4v) is 4.01. The number of nitrogens with zero attached hydrogens (tertiary/aromatic N) is 1. The summed E-state index contributed by atoms with van der Waals surface area (Å²) in [5.41, 5.74) is -0.319. The van der Waals surface area contributed by atoms with Crippen LogP contribution >= 0.6 is 0 Å². The van der Waals surface area contributed by atoms with Crippen LogP contribution in [0, 0.1) is 17.7 Å². The van der Waals surface area contributed by atoms with E-state index in [1.165, 1.54) is 0 Å². The smallest absolute Gasteiger partial charge is 0.313 e. The number of anilines is 1. The molecule has 6 nitrogen and oxygen atoms in total. The summed E-state index contributed by atoms with van der Waals surface area (Å²) < 4.78 is 37.3. The Morgan fingerprint density at radius 2 is 1.89 bits per heavy atom. The Morgan fingerprint density at radius 3 is 2.48 bits per heavy atom. The highest BCUT2D eigenvalue weighted by Crippen LogP contribution is 2.26. The Morgan fingerprint density at radius 1 is 1.22 bits per heavy atom. The van der Waals surface area contributed by atoms with Crippen LogP contribution in [0.2, 0.25) is 0 Å². The number of benzene rings is 1. The van der Waals surface area contributed by atoms with Crippen LogP contribution in [0.3, 0.4) is 0 Å². The van der Waals surface area contributed by atoms with Gasteiger partial charge in [-0.15, -0.1) is 0 Å². The molecule has 1 aliphatic heterocycles. The molecule has 2 rings (SSSR count). The van der Waals surface area contributed by atoms with Gasteiger partial charge in [0.05, 0.1) is 10.6 Å². The van der Waals surface area contributed by atoms with Gasteiger partial charge in [0, 0.05) is 18.8 Å². The molecule has 1 heterocycles. The van der Waals surface area contributed by atoms with Gasteiger partial charge in [-0.2, -0.15) is 0 Å². The van der Waals surface area contributed by atoms with Crippen molar-refractivity contribution in [2.24, 2.45) is 11.8 Å². The Labute approximate surface area is 160 Å². The fraction of sp³-hybridized carbons (Fsp3) is 0.579. The second kappa shape index (κ2) is 8.37. The molecule has 1 aliphatic rings. The predicted molar refractivity (Wildman–Crippen MR) is 101 cm³/mol. The van der Waals surface area contributed by atoms with Crippen molar-refractivity contribution in [3.8, 4) is 0 Å². The first-order chi connectivity index (χ1) is 12.5. The van der Waals surface area contributed by atoms with E-state index in [9.17, 15) is 22.4 Å². The van der Waals surface area contributed by atoms with E-state index < -0.39 is 27.5 Å². The molecule has 0 aromatic heterocycles. The molecular formula is C19H27FN2O4S. The van der Waals surface area contributed by atoms with Crippen LogP contribution in [0.15, 0.2) is 23.1 Å². The summed E-state index contributed by atoms with van der Waals surface area (Å²) in [5.74, 6) is -1.81. The summed E-state index contributed by atoms with van der Waals surface area (Å²) in [6.45, 7) is 6.61. The number of rotatable bonds is 3. The average molecular weight is 399 g/mol. The summed E-state index contributed by atoms with van der Waals surface area (Å²) in [6, 6.07) is 3.05. The van der Waals surface area contributed by atoms with Crippen LogP contribution in [0.4, 0.5) is 10.1 Å². The van der Waals surface area contributed by atoms with E-state index in [2.05, 4.69) is 12.2 Å². The number of carbonyl (C=O) groups excluding carboxylic acids is 2. The lowest BCUT2D eigenvalue weighted by Crippen LogP contribution is -2.47. The Balaban J connectivity index is 2.23. The summed E-state index contributed by atoms with van der Waals surface area (Å²) in [4.78, 5) is 26.7. The van der Waals surface area contributed by atoms with Crippen molar-refractivity contribution in [2.45, 2.75) is 51.0 Å². The first-order valence-electron chi connectivity index (χ1n) is 9.12. The van der Waals surface area contributed by atoms with Gasteiger partial charge in [0.15, 0.2) is 9.84 Å². The SMILES string of the molecule is CC1CCC(C(C)C)N(C(=O)C(=O)Nc2cc(S(C)(=O)=O)ccc2F)CC1. The Bertz CT molecular complexity index is 823. The van der Waals surface area contributed by atoms with Crippen molar-refractivity contribution in [1.29, 1.82) is 0 Å². The van der Waals surface area contributed by atoms with Crippen molar-refractivity contribution < 1.29 is 22.4 Å². The van der Waals surface area contributed by atoms with Crippen LogP contribution < -0.4 is 5.32 Å². The van der Waals surface area contributed by atoms with Crippen molar-refractivity contribution in [1.82, 2.24) is 4.90 Å². The maximum atomic E-state index is 14.0.